The van der Waals surface area contributed by atoms with Crippen molar-refractivity contribution in [2.75, 3.05) is 46.3 Å². The molecule has 1 aliphatic carbocycles. The van der Waals surface area contributed by atoms with Gasteiger partial charge < -0.3 is 24.6 Å². The molecular formula is C34H45FN2O4. The maximum atomic E-state index is 14.7. The minimum atomic E-state index is -0.318. The molecule has 0 aromatic heterocycles. The molecule has 0 amide bonds. The average molecular weight is 565 g/mol. The first-order valence-corrected chi connectivity index (χ1v) is 14.5. The van der Waals surface area contributed by atoms with E-state index < -0.39 is 0 Å². The Morgan fingerprint density at radius 2 is 1.73 bits per heavy atom. The highest BCUT2D eigenvalue weighted by Gasteiger charge is 2.24. The van der Waals surface area contributed by atoms with E-state index in [4.69, 9.17) is 14.2 Å². The van der Waals surface area contributed by atoms with Gasteiger partial charge in [-0.25, -0.2) is 4.39 Å². The predicted molar refractivity (Wildman–Crippen MR) is 164 cm³/mol. The van der Waals surface area contributed by atoms with Crippen molar-refractivity contribution in [2.45, 2.75) is 64.3 Å². The van der Waals surface area contributed by atoms with Gasteiger partial charge in [0.2, 0.25) is 0 Å². The van der Waals surface area contributed by atoms with Gasteiger partial charge in [0.05, 0.1) is 14.2 Å². The topological polar surface area (TPSA) is 63.2 Å². The monoisotopic (exact) mass is 564 g/mol. The smallest absolute Gasteiger partial charge is 0.165 e. The zero-order chi connectivity index (χ0) is 29.6. The van der Waals surface area contributed by atoms with Crippen LogP contribution in [0.5, 0.6) is 23.0 Å². The summed E-state index contributed by atoms with van der Waals surface area (Å²) in [5, 5.41) is 13.5. The Morgan fingerprint density at radius 1 is 0.976 bits per heavy atom. The first-order chi connectivity index (χ1) is 19.6. The van der Waals surface area contributed by atoms with Crippen LogP contribution in [-0.4, -0.2) is 56.5 Å². The standard InChI is InChI=1S/C34H45FN2O4/c1-34(2,3)37(4)16-17-41-31-14-9-23(18-29(31)35)8-7-15-36-30-22-33(40-6)32(39-5)21-28(30)26-11-10-25-20-27(38)13-12-24(25)19-26/h9,12-14,18,20-22,26,36,38H,7-8,10-11,15-17,19H2,1-6H3. The number of phenolic OH excluding ortho intramolecular Hbond substituents is 1. The van der Waals surface area contributed by atoms with Crippen LogP contribution >= 0.6 is 0 Å². The van der Waals surface area contributed by atoms with Gasteiger partial charge in [0, 0.05) is 30.4 Å². The Bertz CT molecular complexity index is 1320. The second-order valence-corrected chi connectivity index (χ2v) is 11.9. The molecule has 0 spiro atoms. The minimum absolute atomic E-state index is 0.0458. The summed E-state index contributed by atoms with van der Waals surface area (Å²) in [5.74, 6) is 2.02. The molecule has 2 N–H and O–H groups in total. The lowest BCUT2D eigenvalue weighted by Gasteiger charge is -2.31. The number of nitrogens with one attached hydrogen (secondary N) is 1. The van der Waals surface area contributed by atoms with E-state index in [0.29, 0.717) is 35.5 Å². The number of hydrogen-bond donors (Lipinski definition) is 2. The number of benzene rings is 3. The summed E-state index contributed by atoms with van der Waals surface area (Å²) in [6.07, 6.45) is 4.40. The van der Waals surface area contributed by atoms with Gasteiger partial charge in [0.25, 0.3) is 0 Å². The number of hydrogen-bond acceptors (Lipinski definition) is 6. The van der Waals surface area contributed by atoms with E-state index in [1.54, 1.807) is 32.4 Å². The zero-order valence-corrected chi connectivity index (χ0v) is 25.4. The summed E-state index contributed by atoms with van der Waals surface area (Å²) in [4.78, 5) is 2.19. The van der Waals surface area contributed by atoms with Gasteiger partial charge in [-0.3, -0.25) is 4.90 Å². The Balaban J connectivity index is 1.37. The fraction of sp³-hybridized carbons (Fsp3) is 0.471. The van der Waals surface area contributed by atoms with Crippen molar-refractivity contribution >= 4 is 5.69 Å². The van der Waals surface area contributed by atoms with Gasteiger partial charge in [0.15, 0.2) is 23.1 Å². The number of methoxy groups -OCH3 is 2. The fourth-order valence-corrected chi connectivity index (χ4v) is 5.35. The largest absolute Gasteiger partial charge is 0.508 e. The Labute approximate surface area is 244 Å². The lowest BCUT2D eigenvalue weighted by molar-refractivity contribution is 0.142. The molecule has 7 heteroatoms. The van der Waals surface area contributed by atoms with E-state index >= 15 is 0 Å². The lowest BCUT2D eigenvalue weighted by atomic mass is 9.79. The summed E-state index contributed by atoms with van der Waals surface area (Å²) in [7, 11) is 5.35. The summed E-state index contributed by atoms with van der Waals surface area (Å²) in [6.45, 7) is 8.34. The van der Waals surface area contributed by atoms with Crippen LogP contribution < -0.4 is 19.5 Å². The van der Waals surface area contributed by atoms with Crippen molar-refractivity contribution in [3.8, 4) is 23.0 Å². The molecule has 1 unspecified atom stereocenters. The molecule has 3 aromatic rings. The average Bonchev–Trinajstić information content (AvgIpc) is 2.95. The third kappa shape index (κ3) is 7.85. The van der Waals surface area contributed by atoms with Crippen LogP contribution in [0.25, 0.3) is 0 Å². The summed E-state index contributed by atoms with van der Waals surface area (Å²) >= 11 is 0. The lowest BCUT2D eigenvalue weighted by Crippen LogP contribution is -2.40. The van der Waals surface area contributed by atoms with Crippen LogP contribution in [0.15, 0.2) is 48.5 Å². The van der Waals surface area contributed by atoms with E-state index in [2.05, 4.69) is 37.1 Å². The highest BCUT2D eigenvalue weighted by molar-refractivity contribution is 5.62. The van der Waals surface area contributed by atoms with Crippen molar-refractivity contribution < 1.29 is 23.7 Å². The van der Waals surface area contributed by atoms with Gasteiger partial charge in [-0.2, -0.15) is 0 Å². The Kier molecular flexibility index (Phi) is 10.0. The van der Waals surface area contributed by atoms with E-state index in [1.165, 1.54) is 16.7 Å². The Morgan fingerprint density at radius 3 is 2.44 bits per heavy atom. The molecular weight excluding hydrogens is 519 g/mol. The number of nitrogens with zero attached hydrogens (tertiary/aromatic N) is 1. The number of rotatable bonds is 12. The van der Waals surface area contributed by atoms with Crippen molar-refractivity contribution in [1.29, 1.82) is 0 Å². The number of likely N-dealkylation sites (N-methyl/N-ethyl adjacent to an activating group) is 1. The molecule has 1 aliphatic rings. The van der Waals surface area contributed by atoms with Crippen molar-refractivity contribution in [2.24, 2.45) is 0 Å². The van der Waals surface area contributed by atoms with Crippen molar-refractivity contribution in [3.63, 3.8) is 0 Å². The van der Waals surface area contributed by atoms with Gasteiger partial charge in [-0.1, -0.05) is 12.1 Å². The molecule has 222 valence electrons. The maximum Gasteiger partial charge on any atom is 0.165 e. The Hall–Kier alpha value is -3.45. The van der Waals surface area contributed by atoms with Crippen LogP contribution in [0, 0.1) is 5.82 Å². The highest BCUT2D eigenvalue weighted by atomic mass is 19.1. The van der Waals surface area contributed by atoms with Crippen LogP contribution in [0.1, 0.15) is 61.8 Å². The number of anilines is 1. The van der Waals surface area contributed by atoms with Crippen LogP contribution in [0.3, 0.4) is 0 Å². The quantitative estimate of drug-likeness (QED) is 0.232. The van der Waals surface area contributed by atoms with Crippen LogP contribution in [-0.2, 0) is 19.3 Å². The SMILES string of the molecule is COc1cc(NCCCc2ccc(OCCN(C)C(C)(C)C)c(F)c2)c(C2CCc3cc(O)ccc3C2)cc1OC. The van der Waals surface area contributed by atoms with Crippen LogP contribution in [0.4, 0.5) is 10.1 Å². The predicted octanol–water partition coefficient (Wildman–Crippen LogP) is 6.97. The first-order valence-electron chi connectivity index (χ1n) is 14.5. The molecule has 0 radical (unpaired) electrons. The van der Waals surface area contributed by atoms with Gasteiger partial charge in [0.1, 0.15) is 12.4 Å². The van der Waals surface area contributed by atoms with E-state index in [-0.39, 0.29) is 11.4 Å². The molecule has 1 atom stereocenters. The molecule has 4 rings (SSSR count). The van der Waals surface area contributed by atoms with E-state index in [0.717, 1.165) is 56.4 Å². The normalized spacial score (nSPS) is 15.0. The summed E-state index contributed by atoms with van der Waals surface area (Å²) < 4.78 is 31.7. The number of aryl methyl sites for hydroxylation is 2. The second kappa shape index (κ2) is 13.5. The first kappa shape index (κ1) is 30.5. The molecule has 6 nitrogen and oxygen atoms in total. The molecule has 0 heterocycles. The molecule has 0 bridgehead atoms. The van der Waals surface area contributed by atoms with E-state index in [9.17, 15) is 9.50 Å². The molecule has 0 fully saturated rings. The molecule has 0 aliphatic heterocycles. The number of ether oxygens (including phenoxy) is 3. The fourth-order valence-electron chi connectivity index (χ4n) is 5.35. The molecule has 3 aromatic carbocycles. The zero-order valence-electron chi connectivity index (χ0n) is 25.4. The third-order valence-corrected chi connectivity index (χ3v) is 8.20. The number of fused-ring (bicyclic) bond motifs is 1. The highest BCUT2D eigenvalue weighted by Crippen LogP contribution is 2.42. The van der Waals surface area contributed by atoms with Crippen molar-refractivity contribution in [3.05, 3.63) is 76.6 Å². The number of halogens is 1. The van der Waals surface area contributed by atoms with Gasteiger partial charge >= 0.3 is 0 Å². The minimum Gasteiger partial charge on any atom is -0.508 e. The molecule has 0 saturated heterocycles. The maximum absolute atomic E-state index is 14.7. The van der Waals surface area contributed by atoms with Gasteiger partial charge in [-0.05, 0) is 118 Å². The van der Waals surface area contributed by atoms with Gasteiger partial charge in [-0.15, -0.1) is 0 Å². The molecule has 41 heavy (non-hydrogen) atoms. The van der Waals surface area contributed by atoms with E-state index in [1.807, 2.05) is 31.3 Å². The number of phenols is 1. The van der Waals surface area contributed by atoms with Crippen LogP contribution in [0.2, 0.25) is 0 Å². The second-order valence-electron chi connectivity index (χ2n) is 11.9. The van der Waals surface area contributed by atoms with Crippen molar-refractivity contribution in [1.82, 2.24) is 4.90 Å². The summed E-state index contributed by atoms with van der Waals surface area (Å²) in [6, 6.07) is 15.1. The third-order valence-electron chi connectivity index (χ3n) is 8.20. The number of aromatic hydroxyl groups is 1. The molecule has 0 saturated carbocycles. The summed E-state index contributed by atoms with van der Waals surface area (Å²) in [5.41, 5.74) is 5.72.